The fourth-order valence-corrected chi connectivity index (χ4v) is 1.61. The summed E-state index contributed by atoms with van der Waals surface area (Å²) in [6.45, 7) is 1.17. The van der Waals surface area contributed by atoms with E-state index >= 15 is 0 Å². The number of aliphatic hydroxyl groups is 1. The monoisotopic (exact) mass is 324 g/mol. The number of alkyl halides is 4. The number of hydrogen-bond acceptors (Lipinski definition) is 4. The fraction of sp³-hybridized carbons (Fsp3) is 0.417. The van der Waals surface area contributed by atoms with E-state index in [2.05, 4.69) is 0 Å². The molecule has 2 N–H and O–H groups in total. The number of non-ortho nitro benzene ring substituents is 1. The molecule has 0 bridgehead atoms. The van der Waals surface area contributed by atoms with Gasteiger partial charge >= 0.3 is 6.18 Å². The van der Waals surface area contributed by atoms with Gasteiger partial charge in [0.05, 0.1) is 17.1 Å². The molecule has 0 saturated carbocycles. The minimum Gasteiger partial charge on any atom is -0.386 e. The van der Waals surface area contributed by atoms with Crippen molar-refractivity contribution in [2.45, 2.75) is 31.4 Å². The van der Waals surface area contributed by atoms with Crippen molar-refractivity contribution < 1.29 is 32.4 Å². The van der Waals surface area contributed by atoms with Gasteiger partial charge in [-0.1, -0.05) is 0 Å². The lowest BCUT2D eigenvalue weighted by Crippen LogP contribution is -2.46. The van der Waals surface area contributed by atoms with Crippen LogP contribution in [0.25, 0.3) is 0 Å². The molecule has 2 unspecified atom stereocenters. The predicted octanol–water partition coefficient (Wildman–Crippen LogP) is 2.03. The van der Waals surface area contributed by atoms with E-state index in [-0.39, 0.29) is 11.3 Å². The molecule has 22 heavy (non-hydrogen) atoms. The van der Waals surface area contributed by atoms with E-state index in [4.69, 9.17) is 0 Å². The van der Waals surface area contributed by atoms with E-state index in [9.17, 15) is 37.6 Å². The highest BCUT2D eigenvalue weighted by atomic mass is 19.4. The molecule has 1 rings (SSSR count). The van der Waals surface area contributed by atoms with Crippen LogP contribution in [-0.2, 0) is 4.79 Å². The van der Waals surface area contributed by atoms with Crippen LogP contribution in [-0.4, -0.2) is 34.3 Å². The smallest absolute Gasteiger partial charge is 0.386 e. The molecule has 0 fully saturated rings. The second-order valence-electron chi connectivity index (χ2n) is 4.49. The van der Waals surface area contributed by atoms with Gasteiger partial charge in [0.15, 0.2) is 0 Å². The Bertz CT molecular complexity index is 547. The molecule has 122 valence electrons. The Morgan fingerprint density at radius 2 is 1.82 bits per heavy atom. The summed E-state index contributed by atoms with van der Waals surface area (Å²) in [5.41, 5.74) is -0.116. The first-order valence-corrected chi connectivity index (χ1v) is 5.97. The van der Waals surface area contributed by atoms with Crippen molar-refractivity contribution in [3.8, 4) is 0 Å². The zero-order chi connectivity index (χ0) is 17.1. The van der Waals surface area contributed by atoms with Crippen LogP contribution in [0.3, 0.4) is 0 Å². The molecule has 1 aromatic carbocycles. The van der Waals surface area contributed by atoms with Crippen LogP contribution in [0.5, 0.6) is 0 Å². The number of nitrogens with zero attached hydrogens (tertiary/aromatic N) is 1. The second kappa shape index (κ2) is 6.69. The van der Waals surface area contributed by atoms with E-state index in [1.54, 1.807) is 5.32 Å². The average molecular weight is 324 g/mol. The molecule has 10 heteroatoms. The maximum absolute atomic E-state index is 12.8. The number of amides is 1. The van der Waals surface area contributed by atoms with Gasteiger partial charge in [-0.2, -0.15) is 13.2 Å². The lowest BCUT2D eigenvalue weighted by atomic mass is 10.0. The zero-order valence-corrected chi connectivity index (χ0v) is 11.2. The SMILES string of the molecule is C[C@@H](NC(=O)C(F)C(F)(F)F)C(O)c1ccc([N+](=O)[O-])cc1. The Balaban J connectivity index is 2.74. The molecule has 0 saturated heterocycles. The van der Waals surface area contributed by atoms with Gasteiger partial charge in [0.1, 0.15) is 0 Å². The molecule has 0 aliphatic rings. The Morgan fingerprint density at radius 1 is 1.32 bits per heavy atom. The van der Waals surface area contributed by atoms with Crippen LogP contribution in [0, 0.1) is 10.1 Å². The number of carbonyl (C=O) groups is 1. The van der Waals surface area contributed by atoms with E-state index in [1.807, 2.05) is 0 Å². The molecule has 0 heterocycles. The van der Waals surface area contributed by atoms with Crippen molar-refractivity contribution in [1.29, 1.82) is 0 Å². The molecule has 0 aromatic heterocycles. The van der Waals surface area contributed by atoms with Crippen LogP contribution >= 0.6 is 0 Å². The largest absolute Gasteiger partial charge is 0.428 e. The highest BCUT2D eigenvalue weighted by Crippen LogP contribution is 2.24. The molecule has 6 nitrogen and oxygen atoms in total. The van der Waals surface area contributed by atoms with Crippen molar-refractivity contribution >= 4 is 11.6 Å². The van der Waals surface area contributed by atoms with Crippen LogP contribution in [0.2, 0.25) is 0 Å². The Labute approximate surface area is 121 Å². The first-order chi connectivity index (χ1) is 10.0. The molecule has 3 atom stereocenters. The normalized spacial score (nSPS) is 15.7. The minimum absolute atomic E-state index is 0.126. The molecule has 0 aliphatic heterocycles. The zero-order valence-electron chi connectivity index (χ0n) is 11.2. The van der Waals surface area contributed by atoms with Gasteiger partial charge < -0.3 is 10.4 Å². The number of aliphatic hydroxyl groups excluding tert-OH is 1. The number of benzene rings is 1. The van der Waals surface area contributed by atoms with Gasteiger partial charge in [0.25, 0.3) is 17.8 Å². The summed E-state index contributed by atoms with van der Waals surface area (Å²) in [6.07, 6.45) is -10.5. The van der Waals surface area contributed by atoms with E-state index < -0.39 is 35.3 Å². The first kappa shape index (κ1) is 17.8. The van der Waals surface area contributed by atoms with Gasteiger partial charge in [-0.3, -0.25) is 14.9 Å². The van der Waals surface area contributed by atoms with Crippen LogP contribution in [0.4, 0.5) is 23.2 Å². The third-order valence-electron chi connectivity index (χ3n) is 2.81. The summed E-state index contributed by atoms with van der Waals surface area (Å²) in [5.74, 6) is -1.92. The molecule has 1 amide bonds. The van der Waals surface area contributed by atoms with Gasteiger partial charge in [0, 0.05) is 12.1 Å². The summed E-state index contributed by atoms with van der Waals surface area (Å²) in [7, 11) is 0. The summed E-state index contributed by atoms with van der Waals surface area (Å²) >= 11 is 0. The minimum atomic E-state index is -5.33. The Hall–Kier alpha value is -2.23. The van der Waals surface area contributed by atoms with E-state index in [1.165, 1.54) is 19.1 Å². The maximum atomic E-state index is 12.8. The topological polar surface area (TPSA) is 92.5 Å². The maximum Gasteiger partial charge on any atom is 0.428 e. The molecular weight excluding hydrogens is 312 g/mol. The van der Waals surface area contributed by atoms with Crippen molar-refractivity contribution in [3.05, 3.63) is 39.9 Å². The first-order valence-electron chi connectivity index (χ1n) is 5.97. The number of halogens is 4. The van der Waals surface area contributed by atoms with Crippen LogP contribution < -0.4 is 5.32 Å². The second-order valence-corrected chi connectivity index (χ2v) is 4.49. The third-order valence-corrected chi connectivity index (χ3v) is 2.81. The summed E-state index contributed by atoms with van der Waals surface area (Å²) in [4.78, 5) is 20.9. The number of nitro groups is 1. The number of nitro benzene ring substituents is 1. The fourth-order valence-electron chi connectivity index (χ4n) is 1.61. The van der Waals surface area contributed by atoms with Crippen molar-refractivity contribution in [2.24, 2.45) is 0 Å². The highest BCUT2D eigenvalue weighted by molar-refractivity contribution is 5.81. The van der Waals surface area contributed by atoms with Crippen molar-refractivity contribution in [1.82, 2.24) is 5.32 Å². The molecular formula is C12H12F4N2O4. The van der Waals surface area contributed by atoms with Crippen LogP contribution in [0.15, 0.2) is 24.3 Å². The van der Waals surface area contributed by atoms with Gasteiger partial charge in [-0.05, 0) is 24.6 Å². The summed E-state index contributed by atoms with van der Waals surface area (Å²) < 4.78 is 48.9. The summed E-state index contributed by atoms with van der Waals surface area (Å²) in [5, 5.41) is 22.0. The standard InChI is InChI=1S/C12H12F4N2O4/c1-6(17-11(20)10(13)12(14,15)16)9(19)7-2-4-8(5-3-7)18(21)22/h2-6,9-10,19H,1H3,(H,17,20)/t6-,9?,10?/m1/s1. The lowest BCUT2D eigenvalue weighted by Gasteiger charge is -2.22. The Kier molecular flexibility index (Phi) is 5.42. The van der Waals surface area contributed by atoms with Crippen molar-refractivity contribution in [3.63, 3.8) is 0 Å². The number of nitrogens with one attached hydrogen (secondary N) is 1. The number of hydrogen-bond donors (Lipinski definition) is 2. The van der Waals surface area contributed by atoms with Gasteiger partial charge in [-0.25, -0.2) is 4.39 Å². The predicted molar refractivity (Wildman–Crippen MR) is 66.6 cm³/mol. The lowest BCUT2D eigenvalue weighted by molar-refractivity contribution is -0.384. The number of rotatable bonds is 5. The average Bonchev–Trinajstić information content (AvgIpc) is 2.44. The molecule has 0 spiro atoms. The van der Waals surface area contributed by atoms with E-state index in [0.717, 1.165) is 12.1 Å². The van der Waals surface area contributed by atoms with Gasteiger partial charge in [0.2, 0.25) is 0 Å². The van der Waals surface area contributed by atoms with Gasteiger partial charge in [-0.15, -0.1) is 0 Å². The molecule has 0 aliphatic carbocycles. The highest BCUT2D eigenvalue weighted by Gasteiger charge is 2.46. The molecule has 1 aromatic rings. The Morgan fingerprint density at radius 3 is 2.23 bits per heavy atom. The third kappa shape index (κ3) is 4.38. The molecule has 0 radical (unpaired) electrons. The van der Waals surface area contributed by atoms with Crippen LogP contribution in [0.1, 0.15) is 18.6 Å². The van der Waals surface area contributed by atoms with E-state index in [0.29, 0.717) is 0 Å². The van der Waals surface area contributed by atoms with Crippen molar-refractivity contribution in [2.75, 3.05) is 0 Å². The number of carbonyl (C=O) groups excluding carboxylic acids is 1. The quantitative estimate of drug-likeness (QED) is 0.492. The summed E-state index contributed by atoms with van der Waals surface area (Å²) in [6, 6.07) is 3.31.